The van der Waals surface area contributed by atoms with Gasteiger partial charge in [-0.1, -0.05) is 12.1 Å². The summed E-state index contributed by atoms with van der Waals surface area (Å²) in [6.45, 7) is 2.76. The molecule has 0 spiro atoms. The van der Waals surface area contributed by atoms with Gasteiger partial charge in [-0.25, -0.2) is 0 Å². The molecule has 4 heteroatoms. The van der Waals surface area contributed by atoms with E-state index in [0.717, 1.165) is 23.7 Å². The molecule has 2 N–H and O–H groups in total. The fourth-order valence-electron chi connectivity index (χ4n) is 1.99. The lowest BCUT2D eigenvalue weighted by Crippen LogP contribution is -2.17. The van der Waals surface area contributed by atoms with E-state index in [1.54, 1.807) is 7.11 Å². The van der Waals surface area contributed by atoms with Gasteiger partial charge in [0.1, 0.15) is 5.75 Å². The minimum absolute atomic E-state index is 0.0315. The first-order chi connectivity index (χ1) is 9.60. The second-order valence-electron chi connectivity index (χ2n) is 4.93. The topological polar surface area (TPSA) is 51.4 Å². The second-order valence-corrected chi connectivity index (χ2v) is 4.93. The Morgan fingerprint density at radius 2 is 1.90 bits per heavy atom. The molecular formula is C16H21N3O. The fraction of sp³-hybridized carbons (Fsp3) is 0.312. The van der Waals surface area contributed by atoms with Crippen LogP contribution in [0.1, 0.15) is 24.2 Å². The van der Waals surface area contributed by atoms with Crippen LogP contribution in [0, 0.1) is 0 Å². The van der Waals surface area contributed by atoms with E-state index >= 15 is 0 Å². The summed E-state index contributed by atoms with van der Waals surface area (Å²) in [6.07, 6.45) is 1.86. The summed E-state index contributed by atoms with van der Waals surface area (Å²) in [5, 5.41) is 0. The van der Waals surface area contributed by atoms with Crippen molar-refractivity contribution in [2.45, 2.75) is 19.5 Å². The van der Waals surface area contributed by atoms with Crippen LogP contribution in [0.3, 0.4) is 0 Å². The van der Waals surface area contributed by atoms with Crippen LogP contribution in [-0.4, -0.2) is 19.1 Å². The average molecular weight is 271 g/mol. The van der Waals surface area contributed by atoms with Crippen LogP contribution in [0.2, 0.25) is 0 Å². The maximum atomic E-state index is 5.80. The van der Waals surface area contributed by atoms with Gasteiger partial charge in [-0.05, 0) is 36.8 Å². The summed E-state index contributed by atoms with van der Waals surface area (Å²) in [5.74, 6) is 0.874. The molecule has 4 nitrogen and oxygen atoms in total. The third kappa shape index (κ3) is 3.48. The largest absolute Gasteiger partial charge is 0.497 e. The second kappa shape index (κ2) is 6.39. The lowest BCUT2D eigenvalue weighted by molar-refractivity contribution is 0.414. The van der Waals surface area contributed by atoms with E-state index in [0.29, 0.717) is 0 Å². The van der Waals surface area contributed by atoms with Gasteiger partial charge in [0.2, 0.25) is 0 Å². The highest BCUT2D eigenvalue weighted by atomic mass is 16.5. The van der Waals surface area contributed by atoms with Gasteiger partial charge in [0.25, 0.3) is 0 Å². The Hall–Kier alpha value is -2.07. The van der Waals surface area contributed by atoms with Crippen molar-refractivity contribution in [3.63, 3.8) is 0 Å². The summed E-state index contributed by atoms with van der Waals surface area (Å²) in [6, 6.07) is 12.1. The lowest BCUT2D eigenvalue weighted by Gasteiger charge is -2.19. The number of aromatic nitrogens is 1. The first kappa shape index (κ1) is 14.3. The molecular weight excluding hydrogens is 250 g/mol. The number of methoxy groups -OCH3 is 1. The van der Waals surface area contributed by atoms with E-state index in [4.69, 9.17) is 10.5 Å². The molecule has 2 aromatic rings. The number of nitrogens with zero attached hydrogens (tertiary/aromatic N) is 2. The molecule has 2 rings (SSSR count). The summed E-state index contributed by atoms with van der Waals surface area (Å²) in [5.41, 5.74) is 9.01. The van der Waals surface area contributed by atoms with Gasteiger partial charge in [-0.2, -0.15) is 0 Å². The molecule has 0 aliphatic carbocycles. The Morgan fingerprint density at radius 1 is 1.20 bits per heavy atom. The molecule has 0 unspecified atom stereocenters. The van der Waals surface area contributed by atoms with E-state index in [1.807, 2.05) is 38.4 Å². The van der Waals surface area contributed by atoms with Crippen LogP contribution in [0.25, 0.3) is 0 Å². The van der Waals surface area contributed by atoms with Gasteiger partial charge in [-0.3, -0.25) is 4.98 Å². The third-order valence-corrected chi connectivity index (χ3v) is 3.26. The van der Waals surface area contributed by atoms with Crippen molar-refractivity contribution in [2.24, 2.45) is 5.73 Å². The number of hydrogen-bond acceptors (Lipinski definition) is 4. The zero-order valence-corrected chi connectivity index (χ0v) is 12.2. The Morgan fingerprint density at radius 3 is 2.40 bits per heavy atom. The third-order valence-electron chi connectivity index (χ3n) is 3.26. The number of anilines is 1. The molecule has 20 heavy (non-hydrogen) atoms. The normalized spacial score (nSPS) is 12.0. The number of nitrogens with two attached hydrogens (primary N) is 1. The molecule has 0 bridgehead atoms. The molecule has 0 saturated carbocycles. The molecule has 1 heterocycles. The molecule has 0 saturated heterocycles. The van der Waals surface area contributed by atoms with E-state index in [9.17, 15) is 0 Å². The Balaban J connectivity index is 2.04. The number of rotatable bonds is 5. The van der Waals surface area contributed by atoms with Crippen molar-refractivity contribution in [3.05, 3.63) is 53.9 Å². The standard InChI is InChI=1S/C16H21N3O/c1-12(17)16-9-6-14(10-18-16)19(2)11-13-4-7-15(20-3)8-5-13/h4-10,12H,11,17H2,1-3H3/t12-/m0/s1. The molecule has 0 aliphatic heterocycles. The molecule has 0 aliphatic rings. The predicted molar refractivity (Wildman–Crippen MR) is 81.9 cm³/mol. The lowest BCUT2D eigenvalue weighted by atomic mass is 10.2. The zero-order valence-electron chi connectivity index (χ0n) is 12.2. The maximum Gasteiger partial charge on any atom is 0.118 e. The van der Waals surface area contributed by atoms with Crippen LogP contribution < -0.4 is 15.4 Å². The zero-order chi connectivity index (χ0) is 14.5. The van der Waals surface area contributed by atoms with Crippen LogP contribution >= 0.6 is 0 Å². The molecule has 106 valence electrons. The molecule has 1 aromatic heterocycles. The van der Waals surface area contributed by atoms with Crippen molar-refractivity contribution < 1.29 is 4.74 Å². The number of benzene rings is 1. The highest BCUT2D eigenvalue weighted by Crippen LogP contribution is 2.18. The minimum Gasteiger partial charge on any atom is -0.497 e. The SMILES string of the molecule is COc1ccc(CN(C)c2ccc([C@H](C)N)nc2)cc1. The van der Waals surface area contributed by atoms with Gasteiger partial charge in [-0.15, -0.1) is 0 Å². The van der Waals surface area contributed by atoms with E-state index < -0.39 is 0 Å². The van der Waals surface area contributed by atoms with Crippen LogP contribution in [0.5, 0.6) is 5.75 Å². The van der Waals surface area contributed by atoms with Gasteiger partial charge in [0, 0.05) is 19.6 Å². The first-order valence-electron chi connectivity index (χ1n) is 6.65. The van der Waals surface area contributed by atoms with Crippen LogP contribution in [0.4, 0.5) is 5.69 Å². The van der Waals surface area contributed by atoms with Gasteiger partial charge in [0.15, 0.2) is 0 Å². The Bertz CT molecular complexity index is 535. The molecule has 0 fully saturated rings. The monoisotopic (exact) mass is 271 g/mol. The van der Waals surface area contributed by atoms with Crippen molar-refractivity contribution in [1.82, 2.24) is 4.98 Å². The quantitative estimate of drug-likeness (QED) is 0.908. The number of ether oxygens (including phenoxy) is 1. The van der Waals surface area contributed by atoms with Gasteiger partial charge >= 0.3 is 0 Å². The Kier molecular flexibility index (Phi) is 4.58. The minimum atomic E-state index is -0.0315. The van der Waals surface area contributed by atoms with Crippen LogP contribution in [-0.2, 0) is 6.54 Å². The molecule has 1 aromatic carbocycles. The smallest absolute Gasteiger partial charge is 0.118 e. The maximum absolute atomic E-state index is 5.80. The van der Waals surface area contributed by atoms with E-state index in [-0.39, 0.29) is 6.04 Å². The highest BCUT2D eigenvalue weighted by molar-refractivity contribution is 5.45. The summed E-state index contributed by atoms with van der Waals surface area (Å²) in [4.78, 5) is 6.53. The Labute approximate surface area is 120 Å². The number of pyridine rings is 1. The number of hydrogen-bond donors (Lipinski definition) is 1. The van der Waals surface area contributed by atoms with Crippen molar-refractivity contribution in [3.8, 4) is 5.75 Å². The molecule has 1 atom stereocenters. The van der Waals surface area contributed by atoms with E-state index in [2.05, 4.69) is 28.1 Å². The van der Waals surface area contributed by atoms with Crippen molar-refractivity contribution in [2.75, 3.05) is 19.1 Å². The van der Waals surface area contributed by atoms with E-state index in [1.165, 1.54) is 5.56 Å². The predicted octanol–water partition coefficient (Wildman–Crippen LogP) is 2.75. The first-order valence-corrected chi connectivity index (χ1v) is 6.65. The fourth-order valence-corrected chi connectivity index (χ4v) is 1.99. The van der Waals surface area contributed by atoms with Crippen molar-refractivity contribution >= 4 is 5.69 Å². The van der Waals surface area contributed by atoms with Crippen molar-refractivity contribution in [1.29, 1.82) is 0 Å². The summed E-state index contributed by atoms with van der Waals surface area (Å²) in [7, 11) is 3.72. The van der Waals surface area contributed by atoms with Gasteiger partial charge in [0.05, 0.1) is 24.7 Å². The summed E-state index contributed by atoms with van der Waals surface area (Å²) < 4.78 is 5.16. The van der Waals surface area contributed by atoms with Gasteiger partial charge < -0.3 is 15.4 Å². The molecule has 0 radical (unpaired) electrons. The highest BCUT2D eigenvalue weighted by Gasteiger charge is 2.05. The van der Waals surface area contributed by atoms with Crippen LogP contribution in [0.15, 0.2) is 42.6 Å². The average Bonchev–Trinajstić information content (AvgIpc) is 2.48. The molecule has 0 amide bonds. The summed E-state index contributed by atoms with van der Waals surface area (Å²) >= 11 is 0.